The van der Waals surface area contributed by atoms with Gasteiger partial charge in [-0.3, -0.25) is 14.4 Å². The number of ether oxygens (including phenoxy) is 3. The Hall–Kier alpha value is -3.41. The molecule has 1 unspecified atom stereocenters. The van der Waals surface area contributed by atoms with Crippen LogP contribution in [-0.4, -0.2) is 37.2 Å². The first-order valence-electron chi connectivity index (χ1n) is 35.1. The van der Waals surface area contributed by atoms with Crippen LogP contribution >= 0.6 is 0 Å². The van der Waals surface area contributed by atoms with Crippen molar-refractivity contribution in [2.24, 2.45) is 0 Å². The zero-order chi connectivity index (χ0) is 58.5. The number of allylic oxidation sites excluding steroid dienone is 14. The summed E-state index contributed by atoms with van der Waals surface area (Å²) in [6.07, 6.45) is 91.7. The van der Waals surface area contributed by atoms with Gasteiger partial charge in [0.25, 0.3) is 0 Å². The molecule has 6 nitrogen and oxygen atoms in total. The number of carbonyl (C=O) groups excluding carboxylic acids is 3. The van der Waals surface area contributed by atoms with Gasteiger partial charge in [-0.25, -0.2) is 0 Å². The number of unbranched alkanes of at least 4 members (excludes halogenated alkanes) is 39. The number of hydrogen-bond acceptors (Lipinski definition) is 6. The van der Waals surface area contributed by atoms with Gasteiger partial charge in [0.05, 0.1) is 0 Å². The molecular weight excluding hydrogens is 997 g/mol. The van der Waals surface area contributed by atoms with E-state index in [-0.39, 0.29) is 31.1 Å². The van der Waals surface area contributed by atoms with E-state index in [0.29, 0.717) is 19.3 Å². The minimum absolute atomic E-state index is 0.0784. The van der Waals surface area contributed by atoms with E-state index in [1.54, 1.807) is 0 Å². The number of carbonyl (C=O) groups is 3. The Kier molecular flexibility index (Phi) is 66.2. The van der Waals surface area contributed by atoms with Crippen LogP contribution in [0.15, 0.2) is 85.1 Å². The maximum Gasteiger partial charge on any atom is 0.306 e. The van der Waals surface area contributed by atoms with Gasteiger partial charge >= 0.3 is 17.9 Å². The second-order valence-corrected chi connectivity index (χ2v) is 23.4. The van der Waals surface area contributed by atoms with Crippen LogP contribution in [0.1, 0.15) is 355 Å². The fourth-order valence-corrected chi connectivity index (χ4v) is 10.2. The number of hydrogen-bond donors (Lipinski definition) is 0. The molecule has 0 aliphatic carbocycles. The lowest BCUT2D eigenvalue weighted by Gasteiger charge is -2.18. The highest BCUT2D eigenvalue weighted by molar-refractivity contribution is 5.71. The minimum atomic E-state index is -0.785. The van der Waals surface area contributed by atoms with Crippen LogP contribution in [0.2, 0.25) is 0 Å². The monoisotopic (exact) mass is 1130 g/mol. The molecule has 0 aliphatic rings. The first kappa shape index (κ1) is 77.6. The summed E-state index contributed by atoms with van der Waals surface area (Å²) in [5.74, 6) is -0.875. The molecule has 0 bridgehead atoms. The van der Waals surface area contributed by atoms with Crippen LogP contribution < -0.4 is 0 Å². The third-order valence-corrected chi connectivity index (χ3v) is 15.4. The average Bonchev–Trinajstić information content (AvgIpc) is 3.47. The van der Waals surface area contributed by atoms with Crippen molar-refractivity contribution in [1.29, 1.82) is 0 Å². The molecule has 0 saturated heterocycles. The van der Waals surface area contributed by atoms with Gasteiger partial charge in [0.15, 0.2) is 6.10 Å². The molecule has 6 heteroatoms. The summed E-state index contributed by atoms with van der Waals surface area (Å²) in [4.78, 5) is 38.5. The van der Waals surface area contributed by atoms with Gasteiger partial charge in [-0.05, 0) is 96.3 Å². The molecule has 0 amide bonds. The minimum Gasteiger partial charge on any atom is -0.462 e. The van der Waals surface area contributed by atoms with Crippen LogP contribution in [0.4, 0.5) is 0 Å². The Bertz CT molecular complexity index is 1530. The molecule has 0 aromatic rings. The van der Waals surface area contributed by atoms with E-state index in [2.05, 4.69) is 106 Å². The Labute approximate surface area is 503 Å². The van der Waals surface area contributed by atoms with Gasteiger partial charge in [0.2, 0.25) is 0 Å². The molecule has 0 aliphatic heterocycles. The van der Waals surface area contributed by atoms with E-state index in [4.69, 9.17) is 14.2 Å². The molecule has 0 fully saturated rings. The lowest BCUT2D eigenvalue weighted by atomic mass is 10.0. The van der Waals surface area contributed by atoms with Gasteiger partial charge < -0.3 is 14.2 Å². The van der Waals surface area contributed by atoms with Crippen molar-refractivity contribution >= 4 is 17.9 Å². The predicted molar refractivity (Wildman–Crippen MR) is 353 cm³/mol. The van der Waals surface area contributed by atoms with E-state index in [9.17, 15) is 14.4 Å². The van der Waals surface area contributed by atoms with E-state index in [0.717, 1.165) is 109 Å². The summed E-state index contributed by atoms with van der Waals surface area (Å²) >= 11 is 0. The van der Waals surface area contributed by atoms with Crippen LogP contribution in [-0.2, 0) is 28.6 Å². The summed E-state index contributed by atoms with van der Waals surface area (Å²) < 4.78 is 17.0. The Morgan fingerprint density at radius 2 is 0.481 bits per heavy atom. The highest BCUT2D eigenvalue weighted by Crippen LogP contribution is 2.17. The van der Waals surface area contributed by atoms with Crippen LogP contribution in [0.5, 0.6) is 0 Å². The Morgan fingerprint density at radius 3 is 0.765 bits per heavy atom. The van der Waals surface area contributed by atoms with Crippen molar-refractivity contribution in [3.63, 3.8) is 0 Å². The molecule has 0 aromatic heterocycles. The molecule has 0 spiro atoms. The summed E-state index contributed by atoms with van der Waals surface area (Å²) in [6.45, 7) is 6.57. The molecule has 0 radical (unpaired) electrons. The number of rotatable bonds is 64. The number of esters is 3. The van der Waals surface area contributed by atoms with Crippen LogP contribution in [0.25, 0.3) is 0 Å². The summed E-state index contributed by atoms with van der Waals surface area (Å²) in [5.41, 5.74) is 0. The molecule has 0 rings (SSSR count). The van der Waals surface area contributed by atoms with E-state index in [1.165, 1.54) is 205 Å². The van der Waals surface area contributed by atoms with Gasteiger partial charge in [-0.15, -0.1) is 0 Å². The molecule has 468 valence electrons. The smallest absolute Gasteiger partial charge is 0.306 e. The van der Waals surface area contributed by atoms with Crippen molar-refractivity contribution in [3.8, 4) is 0 Å². The van der Waals surface area contributed by atoms with Crippen LogP contribution in [0, 0.1) is 0 Å². The Morgan fingerprint density at radius 1 is 0.259 bits per heavy atom. The fourth-order valence-electron chi connectivity index (χ4n) is 10.2. The second-order valence-electron chi connectivity index (χ2n) is 23.4. The molecule has 1 atom stereocenters. The predicted octanol–water partition coefficient (Wildman–Crippen LogP) is 24.2. The summed E-state index contributed by atoms with van der Waals surface area (Å²) in [6, 6.07) is 0. The van der Waals surface area contributed by atoms with Crippen molar-refractivity contribution in [2.75, 3.05) is 13.2 Å². The van der Waals surface area contributed by atoms with Crippen molar-refractivity contribution < 1.29 is 28.6 Å². The first-order chi connectivity index (χ1) is 40.0. The highest BCUT2D eigenvalue weighted by Gasteiger charge is 2.19. The van der Waals surface area contributed by atoms with Gasteiger partial charge in [-0.2, -0.15) is 0 Å². The third-order valence-electron chi connectivity index (χ3n) is 15.4. The van der Waals surface area contributed by atoms with Crippen molar-refractivity contribution in [1.82, 2.24) is 0 Å². The Balaban J connectivity index is 4.38. The highest BCUT2D eigenvalue weighted by atomic mass is 16.6. The maximum atomic E-state index is 13.0. The van der Waals surface area contributed by atoms with Gasteiger partial charge in [-0.1, -0.05) is 324 Å². The van der Waals surface area contributed by atoms with Crippen molar-refractivity contribution in [3.05, 3.63) is 85.1 Å². The summed E-state index contributed by atoms with van der Waals surface area (Å²) in [5, 5.41) is 0. The van der Waals surface area contributed by atoms with E-state index < -0.39 is 6.10 Å². The zero-order valence-corrected chi connectivity index (χ0v) is 53.8. The average molecular weight is 1130 g/mol. The quantitative estimate of drug-likeness (QED) is 0.0261. The van der Waals surface area contributed by atoms with E-state index >= 15 is 0 Å². The zero-order valence-electron chi connectivity index (χ0n) is 53.8. The lowest BCUT2D eigenvalue weighted by Crippen LogP contribution is -2.30. The molecular formula is C75H132O6. The topological polar surface area (TPSA) is 78.9 Å². The molecule has 0 aromatic carbocycles. The molecule has 0 N–H and O–H groups in total. The standard InChI is InChI=1S/C75H132O6/c1-4-7-10-13-16-19-22-25-28-31-33-35-36-37-38-40-41-44-47-50-53-56-59-62-65-68-74(77)80-71-72(70-79-73(76)67-64-61-58-55-52-49-46-43-30-27-24-21-18-15-12-9-6-3)81-75(78)69-66-63-60-57-54-51-48-45-42-39-34-32-29-26-23-20-17-14-11-8-5-2/h7,10,16,19,25,28,32-35,37-38,41,44,72H,4-6,8-9,11-15,17-18,20-24,26-27,29-31,36,39-40,42-43,45-71H2,1-3H3/b10-7-,19-16-,28-25-,34-32-,35-33-,38-37-,44-41-. The SMILES string of the molecule is CC/C=C\C/C=C\C/C=C\C/C=C\C/C=C\C/C=C\CCCCCCCCC(=O)OCC(COC(=O)CCCCCCCCCCCCCCCCCCC)OC(=O)CCCCCCCCCCC/C=C\CCCCCCCCCC. The largest absolute Gasteiger partial charge is 0.462 e. The molecule has 0 heterocycles. The van der Waals surface area contributed by atoms with E-state index in [1.807, 2.05) is 0 Å². The third kappa shape index (κ3) is 67.3. The van der Waals surface area contributed by atoms with Crippen molar-refractivity contribution in [2.45, 2.75) is 361 Å². The molecule has 0 saturated carbocycles. The summed E-state index contributed by atoms with van der Waals surface area (Å²) in [7, 11) is 0. The second kappa shape index (κ2) is 69.1. The lowest BCUT2D eigenvalue weighted by molar-refractivity contribution is -0.167. The maximum absolute atomic E-state index is 13.0. The van der Waals surface area contributed by atoms with Crippen LogP contribution in [0.3, 0.4) is 0 Å². The normalized spacial score (nSPS) is 12.6. The first-order valence-corrected chi connectivity index (χ1v) is 35.1. The van der Waals surface area contributed by atoms with Gasteiger partial charge in [0.1, 0.15) is 13.2 Å². The molecule has 81 heavy (non-hydrogen) atoms. The van der Waals surface area contributed by atoms with Gasteiger partial charge in [0, 0.05) is 19.3 Å². The fraction of sp³-hybridized carbons (Fsp3) is 0.773.